The van der Waals surface area contributed by atoms with Gasteiger partial charge in [-0.25, -0.2) is 4.98 Å². The average Bonchev–Trinajstić information content (AvgIpc) is 3.83. The lowest BCUT2D eigenvalue weighted by Crippen LogP contribution is -1.87. The van der Waals surface area contributed by atoms with Gasteiger partial charge in [0, 0.05) is 31.3 Å². The molecule has 3 heteroatoms. The van der Waals surface area contributed by atoms with Crippen molar-refractivity contribution in [3.63, 3.8) is 0 Å². The maximum Gasteiger partial charge on any atom is 0.124 e. The van der Waals surface area contributed by atoms with Crippen LogP contribution in [0.1, 0.15) is 0 Å². The van der Waals surface area contributed by atoms with E-state index in [0.717, 1.165) is 27.2 Å². The van der Waals surface area contributed by atoms with Crippen molar-refractivity contribution in [2.75, 3.05) is 0 Å². The Labute approximate surface area is 310 Å². The molecule has 0 spiro atoms. The molecule has 0 saturated heterocycles. The predicted molar refractivity (Wildman–Crippen MR) is 225 cm³/mol. The van der Waals surface area contributed by atoms with E-state index in [1.54, 1.807) is 11.3 Å². The fraction of sp³-hybridized carbons (Fsp3) is 0. The number of hydrogen-bond donors (Lipinski definition) is 0. The molecule has 0 aliphatic heterocycles. The zero-order valence-corrected chi connectivity index (χ0v) is 29.8. The molecule has 0 amide bonds. The maximum atomic E-state index is 5.35. The SMILES string of the molecule is c1ccc(-c2cccc(-c3cc(-c4cccc(-c5ccccc5)c4)c4nc(-c5ccc(-c6ccc7sc8ccccc8c7c6)cc5)sc4c3)c2)cc1. The molecule has 1 nitrogen and oxygen atoms in total. The van der Waals surface area contributed by atoms with Crippen molar-refractivity contribution in [1.82, 2.24) is 4.98 Å². The summed E-state index contributed by atoms with van der Waals surface area (Å²) in [6.45, 7) is 0. The van der Waals surface area contributed by atoms with E-state index in [1.165, 1.54) is 69.4 Å². The first kappa shape index (κ1) is 30.7. The number of thiophene rings is 1. The number of nitrogens with zero attached hydrogens (tertiary/aromatic N) is 1. The van der Waals surface area contributed by atoms with Crippen LogP contribution in [0.15, 0.2) is 188 Å². The Bertz CT molecular complexity index is 2880. The van der Waals surface area contributed by atoms with Crippen LogP contribution >= 0.6 is 22.7 Å². The minimum absolute atomic E-state index is 1.02. The van der Waals surface area contributed by atoms with Gasteiger partial charge in [-0.15, -0.1) is 22.7 Å². The molecule has 0 N–H and O–H groups in total. The van der Waals surface area contributed by atoms with Crippen molar-refractivity contribution >= 4 is 53.1 Å². The highest BCUT2D eigenvalue weighted by Crippen LogP contribution is 2.42. The monoisotopic (exact) mass is 697 g/mol. The van der Waals surface area contributed by atoms with Gasteiger partial charge in [0.25, 0.3) is 0 Å². The first-order valence-corrected chi connectivity index (χ1v) is 19.2. The quantitative estimate of drug-likeness (QED) is 0.169. The van der Waals surface area contributed by atoms with Crippen LogP contribution in [0.5, 0.6) is 0 Å². The standard InChI is InChI=1S/C49H31NS2/c1-3-11-32(12-4-1)36-15-9-17-38(27-36)41-30-43(40-18-10-16-37(28-40)33-13-5-2-6-14-33)48-47(31-41)52-49(50-48)35-23-21-34(22-24-35)39-25-26-46-44(29-39)42-19-7-8-20-45(42)51-46/h1-31H. The summed E-state index contributed by atoms with van der Waals surface area (Å²) < 4.78 is 3.84. The predicted octanol–water partition coefficient (Wildman–Crippen LogP) is 14.7. The Kier molecular flexibility index (Phi) is 7.60. The molecular weight excluding hydrogens is 667 g/mol. The van der Waals surface area contributed by atoms with Crippen LogP contribution < -0.4 is 0 Å². The smallest absolute Gasteiger partial charge is 0.124 e. The van der Waals surface area contributed by atoms with E-state index >= 15 is 0 Å². The summed E-state index contributed by atoms with van der Waals surface area (Å²) in [4.78, 5) is 5.35. The largest absolute Gasteiger partial charge is 0.235 e. The number of aromatic nitrogens is 1. The van der Waals surface area contributed by atoms with E-state index in [2.05, 4.69) is 188 Å². The van der Waals surface area contributed by atoms with E-state index in [0.29, 0.717) is 0 Å². The summed E-state index contributed by atoms with van der Waals surface area (Å²) in [7, 11) is 0. The van der Waals surface area contributed by atoms with Crippen LogP contribution in [0.3, 0.4) is 0 Å². The molecule has 10 rings (SSSR count). The molecule has 0 bridgehead atoms. The summed E-state index contributed by atoms with van der Waals surface area (Å²) in [5.74, 6) is 0. The number of rotatable bonds is 6. The molecule has 0 radical (unpaired) electrons. The van der Waals surface area contributed by atoms with Crippen LogP contribution in [0.25, 0.3) is 96.6 Å². The van der Waals surface area contributed by atoms with Crippen LogP contribution in [0.2, 0.25) is 0 Å². The Morgan fingerprint density at radius 1 is 0.288 bits per heavy atom. The molecule has 8 aromatic carbocycles. The van der Waals surface area contributed by atoms with Crippen molar-refractivity contribution < 1.29 is 0 Å². The lowest BCUT2D eigenvalue weighted by Gasteiger charge is -2.11. The third-order valence-electron chi connectivity index (χ3n) is 9.92. The van der Waals surface area contributed by atoms with Crippen LogP contribution in [0.4, 0.5) is 0 Å². The average molecular weight is 698 g/mol. The molecule has 10 aromatic rings. The Balaban J connectivity index is 1.08. The van der Waals surface area contributed by atoms with Gasteiger partial charge in [0.2, 0.25) is 0 Å². The van der Waals surface area contributed by atoms with Crippen molar-refractivity contribution in [2.24, 2.45) is 0 Å². The second-order valence-electron chi connectivity index (χ2n) is 13.2. The highest BCUT2D eigenvalue weighted by atomic mass is 32.1. The molecule has 0 unspecified atom stereocenters. The van der Waals surface area contributed by atoms with E-state index in [4.69, 9.17) is 4.98 Å². The Hall–Kier alpha value is -6.13. The summed E-state index contributed by atoms with van der Waals surface area (Å²) >= 11 is 3.62. The summed E-state index contributed by atoms with van der Waals surface area (Å²) in [5.41, 5.74) is 14.1. The molecular formula is C49H31NS2. The van der Waals surface area contributed by atoms with Crippen molar-refractivity contribution in [3.05, 3.63) is 188 Å². The van der Waals surface area contributed by atoms with E-state index < -0.39 is 0 Å². The second-order valence-corrected chi connectivity index (χ2v) is 15.3. The van der Waals surface area contributed by atoms with Crippen molar-refractivity contribution in [1.29, 1.82) is 0 Å². The third kappa shape index (κ3) is 5.61. The minimum atomic E-state index is 1.02. The lowest BCUT2D eigenvalue weighted by atomic mass is 9.94. The van der Waals surface area contributed by atoms with Gasteiger partial charge in [-0.2, -0.15) is 0 Å². The lowest BCUT2D eigenvalue weighted by molar-refractivity contribution is 1.47. The molecule has 0 saturated carbocycles. The van der Waals surface area contributed by atoms with Gasteiger partial charge in [0.15, 0.2) is 0 Å². The number of hydrogen-bond acceptors (Lipinski definition) is 3. The van der Waals surface area contributed by atoms with E-state index in [-0.39, 0.29) is 0 Å². The van der Waals surface area contributed by atoms with Crippen LogP contribution in [-0.2, 0) is 0 Å². The van der Waals surface area contributed by atoms with Crippen molar-refractivity contribution in [3.8, 4) is 66.2 Å². The molecule has 0 fully saturated rings. The van der Waals surface area contributed by atoms with Gasteiger partial charge < -0.3 is 0 Å². The van der Waals surface area contributed by atoms with E-state index in [1.807, 2.05) is 11.3 Å². The molecule has 0 aliphatic rings. The number of benzene rings is 8. The number of thiazole rings is 1. The molecule has 2 aromatic heterocycles. The Morgan fingerprint density at radius 2 is 0.808 bits per heavy atom. The van der Waals surface area contributed by atoms with Gasteiger partial charge >= 0.3 is 0 Å². The normalized spacial score (nSPS) is 11.5. The molecule has 244 valence electrons. The first-order chi connectivity index (χ1) is 25.7. The maximum absolute atomic E-state index is 5.35. The summed E-state index contributed by atoms with van der Waals surface area (Å²) in [6, 6.07) is 68.1. The molecule has 0 atom stereocenters. The van der Waals surface area contributed by atoms with Gasteiger partial charge in [-0.3, -0.25) is 0 Å². The third-order valence-corrected chi connectivity index (χ3v) is 12.1. The highest BCUT2D eigenvalue weighted by molar-refractivity contribution is 7.25. The van der Waals surface area contributed by atoms with Crippen LogP contribution in [-0.4, -0.2) is 4.98 Å². The summed E-state index contributed by atoms with van der Waals surface area (Å²) in [6.07, 6.45) is 0. The second kappa shape index (κ2) is 12.9. The molecule has 2 heterocycles. The first-order valence-electron chi connectivity index (χ1n) is 17.5. The van der Waals surface area contributed by atoms with Gasteiger partial charge in [-0.1, -0.05) is 146 Å². The molecule has 52 heavy (non-hydrogen) atoms. The van der Waals surface area contributed by atoms with E-state index in [9.17, 15) is 0 Å². The molecule has 0 aliphatic carbocycles. The van der Waals surface area contributed by atoms with Gasteiger partial charge in [-0.05, 0) is 92.5 Å². The number of fused-ring (bicyclic) bond motifs is 4. The zero-order chi connectivity index (χ0) is 34.4. The zero-order valence-electron chi connectivity index (χ0n) is 28.2. The fourth-order valence-electron chi connectivity index (χ4n) is 7.26. The highest BCUT2D eigenvalue weighted by Gasteiger charge is 2.16. The Morgan fingerprint density at radius 3 is 1.54 bits per heavy atom. The minimum Gasteiger partial charge on any atom is -0.235 e. The topological polar surface area (TPSA) is 12.9 Å². The summed E-state index contributed by atoms with van der Waals surface area (Å²) in [5, 5.41) is 3.67. The van der Waals surface area contributed by atoms with Gasteiger partial charge in [0.1, 0.15) is 5.01 Å². The van der Waals surface area contributed by atoms with Crippen LogP contribution in [0, 0.1) is 0 Å². The van der Waals surface area contributed by atoms with Gasteiger partial charge in [0.05, 0.1) is 10.2 Å². The van der Waals surface area contributed by atoms with Crippen molar-refractivity contribution in [2.45, 2.75) is 0 Å². The fourth-order valence-corrected chi connectivity index (χ4v) is 9.38.